The second-order valence-electron chi connectivity index (χ2n) is 4.12. The van der Waals surface area contributed by atoms with Crippen molar-refractivity contribution in [3.8, 4) is 0 Å². The van der Waals surface area contributed by atoms with Gasteiger partial charge in [-0.05, 0) is 30.7 Å². The monoisotopic (exact) mass is 257 g/mol. The molecule has 0 aliphatic carbocycles. The number of nitrogens with zero attached hydrogens (tertiary/aromatic N) is 1. The van der Waals surface area contributed by atoms with Crippen LogP contribution in [-0.4, -0.2) is 15.6 Å². The Kier molecular flexibility index (Phi) is 2.61. The Balaban J connectivity index is 2.81. The Morgan fingerprint density at radius 2 is 1.89 bits per heavy atom. The summed E-state index contributed by atoms with van der Waals surface area (Å²) in [6.45, 7) is 1.59. The van der Waals surface area contributed by atoms with Crippen molar-refractivity contribution < 1.29 is 23.1 Å². The van der Waals surface area contributed by atoms with Crippen LogP contribution in [0, 0.1) is 6.92 Å². The Morgan fingerprint density at radius 1 is 1.28 bits per heavy atom. The lowest BCUT2D eigenvalue weighted by Crippen LogP contribution is -2.10. The van der Waals surface area contributed by atoms with Crippen molar-refractivity contribution >= 4 is 16.9 Å². The molecule has 2 rings (SSSR count). The fraction of sp³-hybridized carbons (Fsp3) is 0.250. The zero-order valence-corrected chi connectivity index (χ0v) is 9.67. The Bertz CT molecular complexity index is 641. The van der Waals surface area contributed by atoms with Gasteiger partial charge in [0.1, 0.15) is 5.69 Å². The summed E-state index contributed by atoms with van der Waals surface area (Å²) in [5.74, 6) is -1.16. The van der Waals surface area contributed by atoms with E-state index in [0.717, 1.165) is 10.6 Å². The van der Waals surface area contributed by atoms with Gasteiger partial charge in [-0.2, -0.15) is 13.2 Å². The second kappa shape index (κ2) is 3.76. The first-order chi connectivity index (χ1) is 8.21. The number of aromatic nitrogens is 1. The largest absolute Gasteiger partial charge is 0.478 e. The van der Waals surface area contributed by atoms with Gasteiger partial charge in [0.15, 0.2) is 0 Å². The number of fused-ring (bicyclic) bond motifs is 1. The van der Waals surface area contributed by atoms with Crippen molar-refractivity contribution in [2.45, 2.75) is 13.1 Å². The molecule has 0 saturated heterocycles. The van der Waals surface area contributed by atoms with Crippen LogP contribution in [0.15, 0.2) is 18.2 Å². The molecule has 1 aromatic carbocycles. The first-order valence-corrected chi connectivity index (χ1v) is 5.12. The van der Waals surface area contributed by atoms with Crippen LogP contribution in [0.3, 0.4) is 0 Å². The molecular weight excluding hydrogens is 247 g/mol. The third kappa shape index (κ3) is 1.83. The summed E-state index contributed by atoms with van der Waals surface area (Å²) in [5.41, 5.74) is -0.0335. The van der Waals surface area contributed by atoms with Crippen molar-refractivity contribution in [3.05, 3.63) is 35.0 Å². The molecule has 0 fully saturated rings. The van der Waals surface area contributed by atoms with Crippen LogP contribution in [0.5, 0.6) is 0 Å². The number of aryl methyl sites for hydroxylation is 2. The van der Waals surface area contributed by atoms with E-state index in [1.54, 1.807) is 6.92 Å². The van der Waals surface area contributed by atoms with E-state index < -0.39 is 17.8 Å². The van der Waals surface area contributed by atoms with Crippen molar-refractivity contribution in [1.82, 2.24) is 4.57 Å². The van der Waals surface area contributed by atoms with E-state index >= 15 is 0 Å². The number of alkyl halides is 3. The molecule has 0 bridgehead atoms. The molecule has 3 nitrogen and oxygen atoms in total. The maximum atomic E-state index is 12.7. The average molecular weight is 257 g/mol. The Labute approximate surface area is 100 Å². The van der Waals surface area contributed by atoms with Gasteiger partial charge < -0.3 is 9.67 Å². The highest BCUT2D eigenvalue weighted by Gasteiger charge is 2.34. The van der Waals surface area contributed by atoms with Gasteiger partial charge in [0.25, 0.3) is 0 Å². The molecule has 0 atom stereocenters. The summed E-state index contributed by atoms with van der Waals surface area (Å²) in [6, 6.07) is 3.65. The lowest BCUT2D eigenvalue weighted by molar-refractivity contribution is -0.142. The summed E-state index contributed by atoms with van der Waals surface area (Å²) in [5, 5.41) is 9.31. The molecule has 0 unspecified atom stereocenters. The Morgan fingerprint density at radius 3 is 2.39 bits per heavy atom. The van der Waals surface area contributed by atoms with Gasteiger partial charge in [0.05, 0.1) is 5.56 Å². The fourth-order valence-corrected chi connectivity index (χ4v) is 2.00. The number of benzene rings is 1. The number of rotatable bonds is 1. The van der Waals surface area contributed by atoms with Gasteiger partial charge in [-0.25, -0.2) is 4.79 Å². The summed E-state index contributed by atoms with van der Waals surface area (Å²) in [7, 11) is 1.27. The van der Waals surface area contributed by atoms with E-state index in [1.165, 1.54) is 19.2 Å². The topological polar surface area (TPSA) is 42.2 Å². The average Bonchev–Trinajstić information content (AvgIpc) is 2.56. The molecule has 0 radical (unpaired) electrons. The number of hydrogen-bond acceptors (Lipinski definition) is 1. The van der Waals surface area contributed by atoms with Crippen molar-refractivity contribution in [1.29, 1.82) is 0 Å². The maximum Gasteiger partial charge on any atom is 0.431 e. The smallest absolute Gasteiger partial charge is 0.431 e. The van der Waals surface area contributed by atoms with E-state index in [9.17, 15) is 18.0 Å². The van der Waals surface area contributed by atoms with E-state index in [4.69, 9.17) is 5.11 Å². The number of carboxylic acid groups (broad SMARTS) is 1. The summed E-state index contributed by atoms with van der Waals surface area (Å²) < 4.78 is 39.2. The molecule has 1 N–H and O–H groups in total. The van der Waals surface area contributed by atoms with Gasteiger partial charge >= 0.3 is 12.1 Å². The minimum Gasteiger partial charge on any atom is -0.478 e. The molecular formula is C12H10F3NO2. The standard InChI is InChI=1S/C12H10F3NO2/c1-6-3-7(11(17)18)4-9-8(6)5-10(16(9)2)12(13,14)15/h3-5H,1-2H3,(H,17,18). The molecule has 2 aromatic rings. The van der Waals surface area contributed by atoms with Gasteiger partial charge in [0, 0.05) is 18.0 Å². The quantitative estimate of drug-likeness (QED) is 0.852. The number of carboxylic acids is 1. The molecule has 0 spiro atoms. The van der Waals surface area contributed by atoms with E-state index in [0.29, 0.717) is 10.9 Å². The van der Waals surface area contributed by atoms with Crippen LogP contribution in [0.25, 0.3) is 10.9 Å². The highest BCUT2D eigenvalue weighted by atomic mass is 19.4. The van der Waals surface area contributed by atoms with Crippen LogP contribution >= 0.6 is 0 Å². The van der Waals surface area contributed by atoms with E-state index in [1.807, 2.05) is 0 Å². The molecule has 0 saturated carbocycles. The highest BCUT2D eigenvalue weighted by Crippen LogP contribution is 2.34. The number of hydrogen-bond donors (Lipinski definition) is 1. The molecule has 1 aromatic heterocycles. The van der Waals surface area contributed by atoms with Crippen LogP contribution in [0.1, 0.15) is 21.6 Å². The number of halogens is 3. The maximum absolute atomic E-state index is 12.7. The normalized spacial score (nSPS) is 12.1. The van der Waals surface area contributed by atoms with Crippen LogP contribution < -0.4 is 0 Å². The number of aromatic carboxylic acids is 1. The lowest BCUT2D eigenvalue weighted by Gasteiger charge is -2.07. The van der Waals surface area contributed by atoms with Crippen LogP contribution in [0.2, 0.25) is 0 Å². The van der Waals surface area contributed by atoms with Crippen LogP contribution in [0.4, 0.5) is 13.2 Å². The summed E-state index contributed by atoms with van der Waals surface area (Å²) in [6.07, 6.45) is -4.45. The van der Waals surface area contributed by atoms with Crippen molar-refractivity contribution in [2.24, 2.45) is 7.05 Å². The Hall–Kier alpha value is -1.98. The van der Waals surface area contributed by atoms with Crippen LogP contribution in [-0.2, 0) is 13.2 Å². The number of carbonyl (C=O) groups is 1. The molecule has 6 heteroatoms. The van der Waals surface area contributed by atoms with Crippen molar-refractivity contribution in [3.63, 3.8) is 0 Å². The fourth-order valence-electron chi connectivity index (χ4n) is 2.00. The third-order valence-corrected chi connectivity index (χ3v) is 2.91. The first kappa shape index (κ1) is 12.5. The first-order valence-electron chi connectivity index (χ1n) is 5.12. The predicted molar refractivity (Wildman–Crippen MR) is 59.6 cm³/mol. The molecule has 0 aliphatic rings. The lowest BCUT2D eigenvalue weighted by atomic mass is 10.1. The van der Waals surface area contributed by atoms with E-state index in [-0.39, 0.29) is 11.1 Å². The third-order valence-electron chi connectivity index (χ3n) is 2.91. The van der Waals surface area contributed by atoms with Gasteiger partial charge in [-0.15, -0.1) is 0 Å². The minimum absolute atomic E-state index is 0.0186. The molecule has 1 heterocycles. The molecule has 0 amide bonds. The molecule has 18 heavy (non-hydrogen) atoms. The van der Waals surface area contributed by atoms with Gasteiger partial charge in [-0.1, -0.05) is 0 Å². The van der Waals surface area contributed by atoms with Gasteiger partial charge in [0.2, 0.25) is 0 Å². The second-order valence-corrected chi connectivity index (χ2v) is 4.12. The van der Waals surface area contributed by atoms with Crippen molar-refractivity contribution in [2.75, 3.05) is 0 Å². The zero-order chi connectivity index (χ0) is 13.7. The minimum atomic E-state index is -4.45. The summed E-state index contributed by atoms with van der Waals surface area (Å²) >= 11 is 0. The highest BCUT2D eigenvalue weighted by molar-refractivity contribution is 5.95. The predicted octanol–water partition coefficient (Wildman–Crippen LogP) is 3.20. The molecule has 96 valence electrons. The van der Waals surface area contributed by atoms with E-state index in [2.05, 4.69) is 0 Å². The SMILES string of the molecule is Cc1cc(C(=O)O)cc2c1cc(C(F)(F)F)n2C. The van der Waals surface area contributed by atoms with Gasteiger partial charge in [-0.3, -0.25) is 0 Å². The zero-order valence-electron chi connectivity index (χ0n) is 9.67. The molecule has 0 aliphatic heterocycles. The summed E-state index contributed by atoms with van der Waals surface area (Å²) in [4.78, 5) is 10.9.